The first-order valence-corrected chi connectivity index (χ1v) is 6.85. The third-order valence-electron chi connectivity index (χ3n) is 3.82. The van der Waals surface area contributed by atoms with Gasteiger partial charge in [0.25, 0.3) is 0 Å². The van der Waals surface area contributed by atoms with Crippen molar-refractivity contribution in [2.75, 3.05) is 19.7 Å². The Balaban J connectivity index is 1.98. The minimum Gasteiger partial charge on any atom is -0.444 e. The molecule has 0 aromatic carbocycles. The minimum atomic E-state index is -0.497. The predicted octanol–water partition coefficient (Wildman–Crippen LogP) is 1.99. The molecule has 1 aliphatic heterocycles. The summed E-state index contributed by atoms with van der Waals surface area (Å²) in [6.45, 7) is 8.61. The molecular weight excluding hydrogens is 246 g/mol. The van der Waals surface area contributed by atoms with Crippen LogP contribution in [0.15, 0.2) is 0 Å². The van der Waals surface area contributed by atoms with Crippen LogP contribution in [0.4, 0.5) is 4.79 Å². The number of Topliss-reactive ketones (excluding diaryl/α,β-unsaturated/α-hetero) is 1. The zero-order chi connectivity index (χ0) is 14.3. The summed E-state index contributed by atoms with van der Waals surface area (Å²) in [4.78, 5) is 25.4. The lowest BCUT2D eigenvalue weighted by atomic mass is 9.93. The highest BCUT2D eigenvalue weighted by Gasteiger charge is 2.55. The lowest BCUT2D eigenvalue weighted by Crippen LogP contribution is -2.51. The Bertz CT molecular complexity index is 381. The molecule has 5 heteroatoms. The Morgan fingerprint density at radius 2 is 1.95 bits per heavy atom. The van der Waals surface area contributed by atoms with Crippen LogP contribution in [-0.2, 0) is 14.3 Å². The van der Waals surface area contributed by atoms with Gasteiger partial charge in [-0.25, -0.2) is 4.79 Å². The maximum absolute atomic E-state index is 12.0. The van der Waals surface area contributed by atoms with Gasteiger partial charge in [-0.3, -0.25) is 4.79 Å². The number of hydrogen-bond donors (Lipinski definition) is 0. The number of carbonyl (C=O) groups is 2. The molecule has 1 unspecified atom stereocenters. The number of amides is 1. The average molecular weight is 269 g/mol. The number of carbonyl (C=O) groups excluding carboxylic acids is 2. The number of ether oxygens (including phenoxy) is 2. The Morgan fingerprint density at radius 3 is 2.42 bits per heavy atom. The molecule has 2 aliphatic rings. The Hall–Kier alpha value is -1.10. The normalized spacial score (nSPS) is 25.9. The van der Waals surface area contributed by atoms with Crippen LogP contribution in [0.25, 0.3) is 0 Å². The molecule has 2 rings (SSSR count). The van der Waals surface area contributed by atoms with Gasteiger partial charge in [-0.05, 0) is 40.5 Å². The SMILES string of the molecule is CC(=O)C1(C2CN(C(=O)OC(C)(C)C)CCO2)CC1. The lowest BCUT2D eigenvalue weighted by molar-refractivity contribution is -0.133. The molecule has 2 fully saturated rings. The fourth-order valence-electron chi connectivity index (χ4n) is 2.51. The van der Waals surface area contributed by atoms with Crippen molar-refractivity contribution in [1.82, 2.24) is 4.90 Å². The molecule has 0 radical (unpaired) electrons. The monoisotopic (exact) mass is 269 g/mol. The van der Waals surface area contributed by atoms with E-state index in [1.54, 1.807) is 11.8 Å². The summed E-state index contributed by atoms with van der Waals surface area (Å²) < 4.78 is 11.1. The zero-order valence-corrected chi connectivity index (χ0v) is 12.2. The smallest absolute Gasteiger partial charge is 0.410 e. The topological polar surface area (TPSA) is 55.8 Å². The van der Waals surface area contributed by atoms with E-state index in [2.05, 4.69) is 0 Å². The van der Waals surface area contributed by atoms with Crippen LogP contribution in [0.3, 0.4) is 0 Å². The Kier molecular flexibility index (Phi) is 3.60. The van der Waals surface area contributed by atoms with E-state index >= 15 is 0 Å². The van der Waals surface area contributed by atoms with E-state index in [1.165, 1.54) is 0 Å². The first-order valence-electron chi connectivity index (χ1n) is 6.85. The zero-order valence-electron chi connectivity index (χ0n) is 12.2. The van der Waals surface area contributed by atoms with Crippen molar-refractivity contribution < 1.29 is 19.1 Å². The number of ketones is 1. The number of morpholine rings is 1. The van der Waals surface area contributed by atoms with E-state index in [0.717, 1.165) is 12.8 Å². The summed E-state index contributed by atoms with van der Waals surface area (Å²) in [5.41, 5.74) is -0.844. The first-order chi connectivity index (χ1) is 8.74. The molecule has 5 nitrogen and oxygen atoms in total. The van der Waals surface area contributed by atoms with E-state index < -0.39 is 5.60 Å². The van der Waals surface area contributed by atoms with E-state index in [9.17, 15) is 9.59 Å². The van der Waals surface area contributed by atoms with E-state index in [4.69, 9.17) is 9.47 Å². The molecule has 0 bridgehead atoms. The van der Waals surface area contributed by atoms with E-state index in [1.807, 2.05) is 20.8 Å². The maximum atomic E-state index is 12.0. The van der Waals surface area contributed by atoms with Gasteiger partial charge in [0.2, 0.25) is 0 Å². The summed E-state index contributed by atoms with van der Waals surface area (Å²) in [6.07, 6.45) is 1.25. The molecule has 1 heterocycles. The second-order valence-electron chi connectivity index (χ2n) is 6.50. The highest BCUT2D eigenvalue weighted by Crippen LogP contribution is 2.51. The van der Waals surface area contributed by atoms with Crippen LogP contribution in [-0.4, -0.2) is 48.2 Å². The fraction of sp³-hybridized carbons (Fsp3) is 0.857. The van der Waals surface area contributed by atoms with Crippen molar-refractivity contribution >= 4 is 11.9 Å². The second-order valence-corrected chi connectivity index (χ2v) is 6.50. The summed E-state index contributed by atoms with van der Waals surface area (Å²) in [5, 5.41) is 0. The molecular formula is C14H23NO4. The van der Waals surface area contributed by atoms with Gasteiger partial charge in [0.15, 0.2) is 0 Å². The number of rotatable bonds is 2. The first kappa shape index (κ1) is 14.3. The average Bonchev–Trinajstić information content (AvgIpc) is 3.08. The maximum Gasteiger partial charge on any atom is 0.410 e. The van der Waals surface area contributed by atoms with Crippen molar-refractivity contribution in [3.8, 4) is 0 Å². The van der Waals surface area contributed by atoms with E-state index in [0.29, 0.717) is 19.7 Å². The van der Waals surface area contributed by atoms with Crippen LogP contribution >= 0.6 is 0 Å². The third-order valence-corrected chi connectivity index (χ3v) is 3.82. The fourth-order valence-corrected chi connectivity index (χ4v) is 2.51. The lowest BCUT2D eigenvalue weighted by Gasteiger charge is -2.37. The van der Waals surface area contributed by atoms with Crippen molar-refractivity contribution in [3.05, 3.63) is 0 Å². The summed E-state index contributed by atoms with van der Waals surface area (Å²) >= 11 is 0. The highest BCUT2D eigenvalue weighted by molar-refractivity contribution is 5.86. The molecule has 1 saturated carbocycles. The summed E-state index contributed by atoms with van der Waals surface area (Å²) in [6, 6.07) is 0. The van der Waals surface area contributed by atoms with Crippen LogP contribution < -0.4 is 0 Å². The van der Waals surface area contributed by atoms with Crippen LogP contribution in [0.2, 0.25) is 0 Å². The highest BCUT2D eigenvalue weighted by atomic mass is 16.6. The molecule has 0 aromatic rings. The van der Waals surface area contributed by atoms with E-state index in [-0.39, 0.29) is 23.4 Å². The molecule has 0 spiro atoms. The molecule has 19 heavy (non-hydrogen) atoms. The van der Waals surface area contributed by atoms with Crippen molar-refractivity contribution in [1.29, 1.82) is 0 Å². The van der Waals surface area contributed by atoms with Gasteiger partial charge in [0.1, 0.15) is 11.4 Å². The van der Waals surface area contributed by atoms with Crippen molar-refractivity contribution in [2.24, 2.45) is 5.41 Å². The van der Waals surface area contributed by atoms with Gasteiger partial charge in [0.05, 0.1) is 24.7 Å². The Morgan fingerprint density at radius 1 is 1.32 bits per heavy atom. The molecule has 1 saturated heterocycles. The largest absolute Gasteiger partial charge is 0.444 e. The van der Waals surface area contributed by atoms with Gasteiger partial charge in [-0.15, -0.1) is 0 Å². The number of hydrogen-bond acceptors (Lipinski definition) is 4. The molecule has 1 amide bonds. The second kappa shape index (κ2) is 4.78. The molecule has 1 aliphatic carbocycles. The predicted molar refractivity (Wildman–Crippen MR) is 69.9 cm³/mol. The number of nitrogens with zero attached hydrogens (tertiary/aromatic N) is 1. The Labute approximate surface area is 114 Å². The standard InChI is InChI=1S/C14H23NO4/c1-10(16)14(5-6-14)11-9-15(7-8-18-11)12(17)19-13(2,3)4/h11H,5-9H2,1-4H3. The van der Waals surface area contributed by atoms with Crippen LogP contribution in [0.5, 0.6) is 0 Å². The van der Waals surface area contributed by atoms with Gasteiger partial charge < -0.3 is 14.4 Å². The van der Waals surface area contributed by atoms with Crippen molar-refractivity contribution in [2.45, 2.75) is 52.2 Å². The molecule has 0 aromatic heterocycles. The van der Waals surface area contributed by atoms with Gasteiger partial charge >= 0.3 is 6.09 Å². The van der Waals surface area contributed by atoms with Crippen LogP contribution in [0, 0.1) is 5.41 Å². The molecule has 0 N–H and O–H groups in total. The van der Waals surface area contributed by atoms with Gasteiger partial charge in [-0.2, -0.15) is 0 Å². The van der Waals surface area contributed by atoms with Crippen molar-refractivity contribution in [3.63, 3.8) is 0 Å². The third kappa shape index (κ3) is 3.08. The quantitative estimate of drug-likeness (QED) is 0.769. The molecule has 108 valence electrons. The van der Waals surface area contributed by atoms with Crippen LogP contribution in [0.1, 0.15) is 40.5 Å². The van der Waals surface area contributed by atoms with Gasteiger partial charge in [0, 0.05) is 6.54 Å². The summed E-state index contributed by atoms with van der Waals surface area (Å²) in [5.74, 6) is 0.170. The molecule has 1 atom stereocenters. The summed E-state index contributed by atoms with van der Waals surface area (Å²) in [7, 11) is 0. The minimum absolute atomic E-state index is 0.170. The van der Waals surface area contributed by atoms with Gasteiger partial charge in [-0.1, -0.05) is 0 Å².